The Bertz CT molecular complexity index is 1680. The molecule has 2 atom stereocenters. The monoisotopic (exact) mass is 542 g/mol. The molecule has 208 valence electrons. The van der Waals surface area contributed by atoms with Crippen molar-refractivity contribution in [2.24, 2.45) is 10.8 Å². The fraction of sp³-hybridized carbons (Fsp3) is 0.364. The van der Waals surface area contributed by atoms with E-state index in [0.717, 1.165) is 27.1 Å². The van der Waals surface area contributed by atoms with Crippen molar-refractivity contribution >= 4 is 27.5 Å². The number of hydrogen-bond donors (Lipinski definition) is 1. The van der Waals surface area contributed by atoms with Crippen molar-refractivity contribution in [1.29, 1.82) is 0 Å². The minimum atomic E-state index is -1.15. The van der Waals surface area contributed by atoms with Crippen LogP contribution in [0.2, 0.25) is 0 Å². The molecular weight excluding hydrogens is 508 g/mol. The summed E-state index contributed by atoms with van der Waals surface area (Å²) in [5, 5.41) is 14.6. The highest BCUT2D eigenvalue weighted by Crippen LogP contribution is 2.69. The van der Waals surface area contributed by atoms with E-state index in [1.165, 1.54) is 14.2 Å². The lowest BCUT2D eigenvalue weighted by Gasteiger charge is -2.61. The largest absolute Gasteiger partial charge is 0.507 e. The van der Waals surface area contributed by atoms with E-state index >= 15 is 0 Å². The molecule has 2 aliphatic heterocycles. The van der Waals surface area contributed by atoms with Crippen molar-refractivity contribution in [2.75, 3.05) is 20.8 Å². The third kappa shape index (κ3) is 3.20. The zero-order valence-electron chi connectivity index (χ0n) is 23.9. The van der Waals surface area contributed by atoms with Gasteiger partial charge in [-0.3, -0.25) is 0 Å². The summed E-state index contributed by atoms with van der Waals surface area (Å²) in [6.07, 6.45) is 0. The van der Waals surface area contributed by atoms with Crippen molar-refractivity contribution < 1.29 is 33.9 Å². The number of carbonyl (C=O) groups is 1. The molecule has 0 radical (unpaired) electrons. The number of benzene rings is 4. The van der Waals surface area contributed by atoms with Gasteiger partial charge in [0, 0.05) is 27.5 Å². The fourth-order valence-corrected chi connectivity index (χ4v) is 7.16. The molecule has 2 heterocycles. The van der Waals surface area contributed by atoms with E-state index in [-0.39, 0.29) is 22.1 Å². The van der Waals surface area contributed by atoms with Crippen molar-refractivity contribution in [3.8, 4) is 22.6 Å². The van der Waals surface area contributed by atoms with Gasteiger partial charge in [-0.2, -0.15) is 4.89 Å². The highest BCUT2D eigenvalue weighted by atomic mass is 17.3. The smallest absolute Gasteiger partial charge is 0.341 e. The molecule has 0 amide bonds. The normalized spacial score (nSPS) is 23.6. The maximum Gasteiger partial charge on any atom is 0.341 e. The second-order valence-corrected chi connectivity index (χ2v) is 12.3. The number of hydrogen-bond acceptors (Lipinski definition) is 7. The molecule has 0 saturated carbocycles. The Morgan fingerprint density at radius 2 is 1.62 bits per heavy atom. The summed E-state index contributed by atoms with van der Waals surface area (Å²) in [4.78, 5) is 24.9. The summed E-state index contributed by atoms with van der Waals surface area (Å²) < 4.78 is 17.5. The molecule has 2 fully saturated rings. The zero-order chi connectivity index (χ0) is 28.7. The summed E-state index contributed by atoms with van der Waals surface area (Å²) in [6.45, 7) is 11.1. The van der Waals surface area contributed by atoms with Crippen LogP contribution in [-0.2, 0) is 25.0 Å². The number of aromatic hydroxyl groups is 1. The van der Waals surface area contributed by atoms with E-state index in [2.05, 4.69) is 34.6 Å². The number of ether oxygens (including phenoxy) is 3. The van der Waals surface area contributed by atoms with Gasteiger partial charge in [-0.05, 0) is 33.7 Å². The van der Waals surface area contributed by atoms with Gasteiger partial charge in [0.2, 0.25) is 0 Å². The van der Waals surface area contributed by atoms with Crippen molar-refractivity contribution in [2.45, 2.75) is 46.0 Å². The first kappa shape index (κ1) is 26.6. The molecule has 2 unspecified atom stereocenters. The van der Waals surface area contributed by atoms with Crippen LogP contribution in [0.1, 0.15) is 50.5 Å². The zero-order valence-corrected chi connectivity index (χ0v) is 23.9. The molecule has 6 rings (SSSR count). The van der Waals surface area contributed by atoms with Gasteiger partial charge in [0.05, 0.1) is 20.8 Å². The van der Waals surface area contributed by atoms with Crippen LogP contribution in [-0.4, -0.2) is 37.5 Å². The van der Waals surface area contributed by atoms with Crippen LogP contribution in [0.25, 0.3) is 32.7 Å². The summed E-state index contributed by atoms with van der Waals surface area (Å²) in [7, 11) is 2.85. The van der Waals surface area contributed by atoms with Crippen LogP contribution < -0.4 is 4.74 Å². The van der Waals surface area contributed by atoms with E-state index in [0.29, 0.717) is 23.5 Å². The number of rotatable bonds is 4. The minimum absolute atomic E-state index is 0.0492. The van der Waals surface area contributed by atoms with Crippen molar-refractivity contribution in [3.63, 3.8) is 0 Å². The third-order valence-corrected chi connectivity index (χ3v) is 8.65. The molecular formula is C33H34O7. The lowest BCUT2D eigenvalue weighted by Crippen LogP contribution is -2.73. The Kier molecular flexibility index (Phi) is 5.76. The molecule has 2 aliphatic rings. The Morgan fingerprint density at radius 1 is 0.900 bits per heavy atom. The highest BCUT2D eigenvalue weighted by Gasteiger charge is 2.81. The van der Waals surface area contributed by atoms with E-state index in [1.54, 1.807) is 12.1 Å². The van der Waals surface area contributed by atoms with Gasteiger partial charge in [-0.25, -0.2) is 9.68 Å². The molecule has 0 spiro atoms. The van der Waals surface area contributed by atoms with Gasteiger partial charge in [0.1, 0.15) is 17.1 Å². The molecule has 2 saturated heterocycles. The predicted molar refractivity (Wildman–Crippen MR) is 152 cm³/mol. The maximum absolute atomic E-state index is 12.9. The van der Waals surface area contributed by atoms with Crippen LogP contribution in [0, 0.1) is 10.8 Å². The summed E-state index contributed by atoms with van der Waals surface area (Å²) >= 11 is 0. The third-order valence-electron chi connectivity index (χ3n) is 8.65. The number of carbonyl (C=O) groups excluding carboxylic acids is 1. The lowest BCUT2D eigenvalue weighted by atomic mass is 9.57. The van der Waals surface area contributed by atoms with Crippen LogP contribution in [0.4, 0.5) is 0 Å². The second-order valence-electron chi connectivity index (χ2n) is 12.3. The lowest BCUT2D eigenvalue weighted by molar-refractivity contribution is -0.626. The van der Waals surface area contributed by atoms with E-state index in [1.807, 2.05) is 48.5 Å². The van der Waals surface area contributed by atoms with Gasteiger partial charge in [-0.1, -0.05) is 83.1 Å². The topological polar surface area (TPSA) is 83.5 Å². The molecule has 0 aromatic heterocycles. The number of esters is 1. The van der Waals surface area contributed by atoms with Crippen LogP contribution in [0.15, 0.2) is 60.7 Å². The Morgan fingerprint density at radius 3 is 2.27 bits per heavy atom. The first-order valence-electron chi connectivity index (χ1n) is 13.4. The maximum atomic E-state index is 12.9. The van der Waals surface area contributed by atoms with E-state index < -0.39 is 17.4 Å². The average Bonchev–Trinajstić information content (AvgIpc) is 3.07. The molecule has 7 heteroatoms. The van der Waals surface area contributed by atoms with Crippen LogP contribution >= 0.6 is 0 Å². The molecule has 40 heavy (non-hydrogen) atoms. The van der Waals surface area contributed by atoms with Gasteiger partial charge in [-0.15, -0.1) is 0 Å². The molecule has 4 aromatic rings. The number of phenolic OH excluding ortho intramolecular Hbond substituents is 1. The Hall–Kier alpha value is -3.65. The van der Waals surface area contributed by atoms with Gasteiger partial charge in [0.25, 0.3) is 5.79 Å². The fourth-order valence-electron chi connectivity index (χ4n) is 7.16. The minimum Gasteiger partial charge on any atom is -0.507 e. The standard InChI is InChI=1S/C33H34O7/c1-30(2,3)33-31(4,5)18-38-32(33,39-40-33)24-14-10-13-22-21(24)15-16-25(34)26(22)27-20-12-9-8-11-19(20)17-23(28(27)36-6)29(35)37-7/h8-17,34H,18H2,1-7H3. The summed E-state index contributed by atoms with van der Waals surface area (Å²) in [5.74, 6) is -1.31. The van der Waals surface area contributed by atoms with E-state index in [4.69, 9.17) is 24.0 Å². The van der Waals surface area contributed by atoms with Crippen LogP contribution in [0.3, 0.4) is 0 Å². The molecule has 4 aromatic carbocycles. The van der Waals surface area contributed by atoms with Crippen LogP contribution in [0.5, 0.6) is 11.5 Å². The molecule has 1 N–H and O–H groups in total. The quantitative estimate of drug-likeness (QED) is 0.217. The molecule has 0 aliphatic carbocycles. The molecule has 0 bridgehead atoms. The summed E-state index contributed by atoms with van der Waals surface area (Å²) in [6, 6.07) is 18.8. The SMILES string of the molecule is COC(=O)c1cc2ccccc2c(-c2c(O)ccc3c(C45OCC(C)(C)C4(C(C)(C)C)OO5)cccc23)c1OC. The average molecular weight is 543 g/mol. The molecule has 7 nitrogen and oxygen atoms in total. The second kappa shape index (κ2) is 8.67. The van der Waals surface area contributed by atoms with E-state index in [9.17, 15) is 9.90 Å². The Balaban J connectivity index is 1.70. The summed E-state index contributed by atoms with van der Waals surface area (Å²) in [5.41, 5.74) is 0.765. The first-order chi connectivity index (χ1) is 18.9. The van der Waals surface area contributed by atoms with Gasteiger partial charge >= 0.3 is 5.97 Å². The first-order valence-corrected chi connectivity index (χ1v) is 13.4. The van der Waals surface area contributed by atoms with Gasteiger partial charge < -0.3 is 19.3 Å². The van der Waals surface area contributed by atoms with Gasteiger partial charge in [0.15, 0.2) is 5.60 Å². The van der Waals surface area contributed by atoms with Crippen molar-refractivity contribution in [3.05, 3.63) is 71.8 Å². The van der Waals surface area contributed by atoms with Crippen molar-refractivity contribution in [1.82, 2.24) is 0 Å². The number of phenols is 1. The highest BCUT2D eigenvalue weighted by molar-refractivity contribution is 6.13. The predicted octanol–water partition coefficient (Wildman–Crippen LogP) is 7.12. The number of fused-ring (bicyclic) bond motifs is 3. The Labute approximate surface area is 233 Å². The number of methoxy groups -OCH3 is 2.